The van der Waals surface area contributed by atoms with E-state index < -0.39 is 0 Å². The predicted octanol–water partition coefficient (Wildman–Crippen LogP) is 3.28. The zero-order chi connectivity index (χ0) is 17.0. The molecule has 0 spiro atoms. The van der Waals surface area contributed by atoms with Gasteiger partial charge in [0.15, 0.2) is 5.16 Å². The van der Waals surface area contributed by atoms with Gasteiger partial charge in [-0.15, -0.1) is 0 Å². The fraction of sp³-hybridized carbons (Fsp3) is 0.375. The van der Waals surface area contributed by atoms with E-state index in [9.17, 15) is 4.79 Å². The summed E-state index contributed by atoms with van der Waals surface area (Å²) in [5, 5.41) is 0.810. The molecule has 23 heavy (non-hydrogen) atoms. The first-order valence-corrected chi connectivity index (χ1v) is 8.45. The second-order valence-corrected chi connectivity index (χ2v) is 7.07. The van der Waals surface area contributed by atoms with Gasteiger partial charge in [-0.25, -0.2) is 15.0 Å². The summed E-state index contributed by atoms with van der Waals surface area (Å²) < 4.78 is 0. The van der Waals surface area contributed by atoms with E-state index in [-0.39, 0.29) is 11.2 Å². The maximum absolute atomic E-state index is 12.5. The van der Waals surface area contributed by atoms with Crippen molar-refractivity contribution in [1.29, 1.82) is 0 Å². The lowest BCUT2D eigenvalue weighted by atomic mass is 10.2. The van der Waals surface area contributed by atoms with Crippen molar-refractivity contribution in [3.05, 3.63) is 46.5 Å². The number of aromatic nitrogens is 3. The number of hydrogen-bond acceptors (Lipinski definition) is 5. The third-order valence-electron chi connectivity index (χ3n) is 3.18. The van der Waals surface area contributed by atoms with Crippen LogP contribution in [-0.2, 0) is 11.3 Å². The number of amides is 1. The van der Waals surface area contributed by atoms with Crippen molar-refractivity contribution in [2.75, 3.05) is 7.05 Å². The van der Waals surface area contributed by atoms with E-state index in [2.05, 4.69) is 15.0 Å². The zero-order valence-electron chi connectivity index (χ0n) is 13.6. The molecule has 2 heterocycles. The summed E-state index contributed by atoms with van der Waals surface area (Å²) in [6.45, 7) is 6.20. The zero-order valence-corrected chi connectivity index (χ0v) is 15.1. The van der Waals surface area contributed by atoms with Crippen LogP contribution < -0.4 is 0 Å². The van der Waals surface area contributed by atoms with Crippen LogP contribution in [0.25, 0.3) is 0 Å². The summed E-state index contributed by atoms with van der Waals surface area (Å²) in [7, 11) is 1.77. The Bertz CT molecular complexity index is 673. The molecule has 0 saturated heterocycles. The molecular formula is C16H19ClN4OS. The third kappa shape index (κ3) is 5.18. The van der Waals surface area contributed by atoms with Gasteiger partial charge in [0.25, 0.3) is 0 Å². The highest BCUT2D eigenvalue weighted by Crippen LogP contribution is 2.22. The van der Waals surface area contributed by atoms with Crippen LogP contribution in [0.2, 0.25) is 5.15 Å². The van der Waals surface area contributed by atoms with Crippen molar-refractivity contribution in [2.45, 2.75) is 37.7 Å². The van der Waals surface area contributed by atoms with Gasteiger partial charge in [0.1, 0.15) is 5.15 Å². The second-order valence-electron chi connectivity index (χ2n) is 5.38. The number of pyridine rings is 1. The topological polar surface area (TPSA) is 59.0 Å². The number of carbonyl (C=O) groups excluding carboxylic acids is 1. The largest absolute Gasteiger partial charge is 0.340 e. The number of thioether (sulfide) groups is 1. The molecule has 2 rings (SSSR count). The Labute approximate surface area is 145 Å². The Morgan fingerprint density at radius 2 is 1.96 bits per heavy atom. The molecule has 0 aliphatic rings. The van der Waals surface area contributed by atoms with E-state index in [1.165, 1.54) is 11.8 Å². The Morgan fingerprint density at radius 1 is 1.30 bits per heavy atom. The van der Waals surface area contributed by atoms with Crippen molar-refractivity contribution in [3.63, 3.8) is 0 Å². The van der Waals surface area contributed by atoms with Gasteiger partial charge < -0.3 is 4.90 Å². The van der Waals surface area contributed by atoms with Gasteiger partial charge in [0, 0.05) is 31.2 Å². The smallest absolute Gasteiger partial charge is 0.235 e. The van der Waals surface area contributed by atoms with Crippen LogP contribution in [0.15, 0.2) is 29.6 Å². The molecule has 5 nitrogen and oxygen atoms in total. The van der Waals surface area contributed by atoms with Crippen LogP contribution in [0.3, 0.4) is 0 Å². The Kier molecular flexibility index (Phi) is 5.96. The third-order valence-corrected chi connectivity index (χ3v) is 4.35. The highest BCUT2D eigenvalue weighted by atomic mass is 35.5. The summed E-state index contributed by atoms with van der Waals surface area (Å²) in [6, 6.07) is 5.50. The lowest BCUT2D eigenvalue weighted by molar-refractivity contribution is -0.129. The maximum Gasteiger partial charge on any atom is 0.235 e. The van der Waals surface area contributed by atoms with E-state index in [4.69, 9.17) is 11.6 Å². The minimum atomic E-state index is -0.263. The van der Waals surface area contributed by atoms with Gasteiger partial charge in [-0.2, -0.15) is 0 Å². The van der Waals surface area contributed by atoms with E-state index in [0.717, 1.165) is 17.0 Å². The summed E-state index contributed by atoms with van der Waals surface area (Å²) in [6.07, 6.45) is 1.68. The number of hydrogen-bond donors (Lipinski definition) is 0. The van der Waals surface area contributed by atoms with E-state index in [0.29, 0.717) is 16.9 Å². The second kappa shape index (κ2) is 7.75. The SMILES string of the molecule is Cc1cc(C)nc(SC(C)C(=O)N(C)Cc2ccc(Cl)nc2)n1. The Hall–Kier alpha value is -1.66. The van der Waals surface area contributed by atoms with Crippen LogP contribution in [0.4, 0.5) is 0 Å². The maximum atomic E-state index is 12.5. The van der Waals surface area contributed by atoms with E-state index in [1.807, 2.05) is 32.9 Å². The minimum Gasteiger partial charge on any atom is -0.340 e. The highest BCUT2D eigenvalue weighted by Gasteiger charge is 2.20. The highest BCUT2D eigenvalue weighted by molar-refractivity contribution is 8.00. The molecule has 2 aromatic rings. The molecule has 7 heteroatoms. The number of aryl methyl sites for hydroxylation is 2. The van der Waals surface area contributed by atoms with Crippen LogP contribution >= 0.6 is 23.4 Å². The first-order chi connectivity index (χ1) is 10.8. The number of halogens is 1. The molecule has 1 amide bonds. The van der Waals surface area contributed by atoms with Crippen molar-refractivity contribution in [1.82, 2.24) is 19.9 Å². The quantitative estimate of drug-likeness (QED) is 0.470. The monoisotopic (exact) mass is 350 g/mol. The number of nitrogens with zero attached hydrogens (tertiary/aromatic N) is 4. The molecular weight excluding hydrogens is 332 g/mol. The minimum absolute atomic E-state index is 0.0210. The summed E-state index contributed by atoms with van der Waals surface area (Å²) >= 11 is 7.14. The first-order valence-electron chi connectivity index (χ1n) is 7.19. The molecule has 0 saturated carbocycles. The molecule has 122 valence electrons. The van der Waals surface area contributed by atoms with Crippen molar-refractivity contribution < 1.29 is 4.79 Å². The van der Waals surface area contributed by atoms with Crippen molar-refractivity contribution in [2.24, 2.45) is 0 Å². The molecule has 0 aliphatic carbocycles. The van der Waals surface area contributed by atoms with E-state index in [1.54, 1.807) is 24.2 Å². The molecule has 0 fully saturated rings. The van der Waals surface area contributed by atoms with Crippen LogP contribution in [0.5, 0.6) is 0 Å². The number of carbonyl (C=O) groups is 1. The lowest BCUT2D eigenvalue weighted by Crippen LogP contribution is -2.32. The van der Waals surface area contributed by atoms with Crippen molar-refractivity contribution >= 4 is 29.3 Å². The normalized spacial score (nSPS) is 12.0. The summed E-state index contributed by atoms with van der Waals surface area (Å²) in [4.78, 5) is 26.9. The lowest BCUT2D eigenvalue weighted by Gasteiger charge is -2.20. The van der Waals surface area contributed by atoms with Gasteiger partial charge in [-0.3, -0.25) is 4.79 Å². The van der Waals surface area contributed by atoms with Gasteiger partial charge in [0.05, 0.1) is 5.25 Å². The fourth-order valence-electron chi connectivity index (χ4n) is 2.12. The van der Waals surface area contributed by atoms with Crippen molar-refractivity contribution in [3.8, 4) is 0 Å². The van der Waals surface area contributed by atoms with Crippen LogP contribution in [0, 0.1) is 13.8 Å². The average Bonchev–Trinajstić information content (AvgIpc) is 2.47. The molecule has 0 aliphatic heterocycles. The van der Waals surface area contributed by atoms with E-state index >= 15 is 0 Å². The molecule has 2 aromatic heterocycles. The van der Waals surface area contributed by atoms with Gasteiger partial charge in [0.2, 0.25) is 5.91 Å². The molecule has 1 unspecified atom stereocenters. The number of rotatable bonds is 5. The first kappa shape index (κ1) is 17.7. The molecule has 0 radical (unpaired) electrons. The average molecular weight is 351 g/mol. The van der Waals surface area contributed by atoms with Crippen LogP contribution in [0.1, 0.15) is 23.9 Å². The fourth-order valence-corrected chi connectivity index (χ4v) is 3.22. The van der Waals surface area contributed by atoms with Gasteiger partial charge in [-0.1, -0.05) is 29.4 Å². The Balaban J connectivity index is 1.99. The molecule has 0 aromatic carbocycles. The van der Waals surface area contributed by atoms with Gasteiger partial charge >= 0.3 is 0 Å². The van der Waals surface area contributed by atoms with Gasteiger partial charge in [-0.05, 0) is 38.5 Å². The standard InChI is InChI=1S/C16H19ClN4OS/c1-10-7-11(2)20-16(19-10)23-12(3)15(22)21(4)9-13-5-6-14(17)18-8-13/h5-8,12H,9H2,1-4H3. The summed E-state index contributed by atoms with van der Waals surface area (Å²) in [5.41, 5.74) is 2.74. The molecule has 0 bridgehead atoms. The predicted molar refractivity (Wildman–Crippen MR) is 92.5 cm³/mol. The van der Waals surface area contributed by atoms with Crippen LogP contribution in [-0.4, -0.2) is 38.1 Å². The Morgan fingerprint density at radius 3 is 2.52 bits per heavy atom. The molecule has 1 atom stereocenters. The summed E-state index contributed by atoms with van der Waals surface area (Å²) in [5.74, 6) is 0.0210. The molecule has 0 N–H and O–H groups in total.